The fourth-order valence-corrected chi connectivity index (χ4v) is 2.01. The monoisotopic (exact) mass is 275 g/mol. The molecule has 0 aliphatic carbocycles. The molecule has 0 spiro atoms. The van der Waals surface area contributed by atoms with E-state index < -0.39 is 10.1 Å². The maximum Gasteiger partial charge on any atom is 1.00 e. The zero-order chi connectivity index (χ0) is 12.6. The Morgan fingerprint density at radius 3 is 2.50 bits per heavy atom. The van der Waals surface area contributed by atoms with Gasteiger partial charge in [-0.15, -0.1) is 0 Å². The first-order valence-corrected chi connectivity index (χ1v) is 6.17. The first kappa shape index (κ1) is 15.2. The number of benzene rings is 1. The zero-order valence-corrected chi connectivity index (χ0v) is 12.8. The molecule has 0 aliphatic rings. The number of aryl methyl sites for hydroxylation is 1. The average Bonchev–Trinajstić information content (AvgIpc) is 2.57. The molecular formula is C10H10N3NaO3S. The van der Waals surface area contributed by atoms with Crippen molar-refractivity contribution in [2.24, 2.45) is 0 Å². The maximum atomic E-state index is 10.9. The van der Waals surface area contributed by atoms with Gasteiger partial charge in [0, 0.05) is 6.07 Å². The molecule has 0 bridgehead atoms. The van der Waals surface area contributed by atoms with Gasteiger partial charge in [0.1, 0.15) is 15.9 Å². The van der Waals surface area contributed by atoms with Crippen LogP contribution >= 0.6 is 0 Å². The van der Waals surface area contributed by atoms with E-state index in [1.54, 1.807) is 19.1 Å². The third kappa shape index (κ3) is 3.12. The summed E-state index contributed by atoms with van der Waals surface area (Å²) < 4.78 is 34.0. The van der Waals surface area contributed by atoms with Crippen molar-refractivity contribution >= 4 is 15.9 Å². The number of hydrogen-bond acceptors (Lipinski definition) is 5. The van der Waals surface area contributed by atoms with Crippen LogP contribution in [0.15, 0.2) is 35.2 Å². The van der Waals surface area contributed by atoms with Crippen molar-refractivity contribution in [3.63, 3.8) is 0 Å². The van der Waals surface area contributed by atoms with Crippen LogP contribution in [-0.4, -0.2) is 22.8 Å². The van der Waals surface area contributed by atoms with Gasteiger partial charge in [0.15, 0.2) is 0 Å². The van der Waals surface area contributed by atoms with Crippen molar-refractivity contribution < 1.29 is 42.5 Å². The standard InChI is InChI=1S/C10H11N3O3S.Na/c1-7-5-10(11)13(12-7)8-3-2-4-9(6-8)17(14,15)16;/h2-6H,11H2,1H3,(H,14,15,16);/q;+1/p-1. The summed E-state index contributed by atoms with van der Waals surface area (Å²) in [6, 6.07) is 7.22. The van der Waals surface area contributed by atoms with Crippen molar-refractivity contribution in [1.29, 1.82) is 0 Å². The van der Waals surface area contributed by atoms with E-state index in [1.165, 1.54) is 22.9 Å². The topological polar surface area (TPSA) is 101 Å². The largest absolute Gasteiger partial charge is 1.00 e. The van der Waals surface area contributed by atoms with Crippen molar-refractivity contribution in [3.05, 3.63) is 36.0 Å². The Balaban J connectivity index is 0.00000162. The van der Waals surface area contributed by atoms with E-state index in [0.29, 0.717) is 17.2 Å². The van der Waals surface area contributed by atoms with Gasteiger partial charge in [-0.05, 0) is 25.1 Å². The van der Waals surface area contributed by atoms with E-state index >= 15 is 0 Å². The summed E-state index contributed by atoms with van der Waals surface area (Å²) in [4.78, 5) is -0.303. The predicted octanol–water partition coefficient (Wildman–Crippen LogP) is -2.33. The Kier molecular flexibility index (Phi) is 4.57. The molecule has 1 heterocycles. The molecule has 90 valence electrons. The summed E-state index contributed by atoms with van der Waals surface area (Å²) in [6.07, 6.45) is 0. The minimum Gasteiger partial charge on any atom is -0.744 e. The van der Waals surface area contributed by atoms with Crippen LogP contribution in [0.3, 0.4) is 0 Å². The molecule has 0 fully saturated rings. The number of aromatic nitrogens is 2. The van der Waals surface area contributed by atoms with Gasteiger partial charge in [0.2, 0.25) is 0 Å². The van der Waals surface area contributed by atoms with Gasteiger partial charge in [0.05, 0.1) is 16.3 Å². The number of rotatable bonds is 2. The Labute approximate surface area is 127 Å². The van der Waals surface area contributed by atoms with Crippen LogP contribution in [0.1, 0.15) is 5.69 Å². The van der Waals surface area contributed by atoms with Gasteiger partial charge in [0.25, 0.3) is 0 Å². The van der Waals surface area contributed by atoms with Gasteiger partial charge in [-0.3, -0.25) is 0 Å². The van der Waals surface area contributed by atoms with Crippen LogP contribution < -0.4 is 35.3 Å². The first-order chi connectivity index (χ1) is 7.88. The summed E-state index contributed by atoms with van der Waals surface area (Å²) in [5.41, 5.74) is 6.85. The summed E-state index contributed by atoms with van der Waals surface area (Å²) >= 11 is 0. The second-order valence-electron chi connectivity index (χ2n) is 3.57. The predicted molar refractivity (Wildman–Crippen MR) is 60.7 cm³/mol. The molecule has 0 atom stereocenters. The number of nitrogen functional groups attached to an aromatic ring is 1. The number of nitrogens with zero attached hydrogens (tertiary/aromatic N) is 2. The van der Waals surface area contributed by atoms with Crippen LogP contribution in [0.2, 0.25) is 0 Å². The second kappa shape index (κ2) is 5.41. The minimum atomic E-state index is -4.47. The van der Waals surface area contributed by atoms with E-state index in [9.17, 15) is 13.0 Å². The Morgan fingerprint density at radius 2 is 2.00 bits per heavy atom. The van der Waals surface area contributed by atoms with Crippen molar-refractivity contribution in [2.45, 2.75) is 11.8 Å². The molecule has 0 saturated carbocycles. The van der Waals surface area contributed by atoms with Crippen LogP contribution in [0.5, 0.6) is 0 Å². The molecule has 1 aromatic carbocycles. The molecule has 1 aromatic heterocycles. The maximum absolute atomic E-state index is 10.9. The van der Waals surface area contributed by atoms with Crippen molar-refractivity contribution in [3.8, 4) is 5.69 Å². The smallest absolute Gasteiger partial charge is 0.744 e. The summed E-state index contributed by atoms with van der Waals surface area (Å²) in [5, 5.41) is 4.10. The van der Waals surface area contributed by atoms with E-state index in [2.05, 4.69) is 5.10 Å². The van der Waals surface area contributed by atoms with E-state index in [1.807, 2.05) is 0 Å². The molecule has 2 rings (SSSR count). The normalized spacial score (nSPS) is 11.0. The molecule has 18 heavy (non-hydrogen) atoms. The van der Waals surface area contributed by atoms with Gasteiger partial charge in [-0.25, -0.2) is 13.1 Å². The molecule has 0 aliphatic heterocycles. The first-order valence-electron chi connectivity index (χ1n) is 4.76. The number of nitrogens with two attached hydrogens (primary N) is 1. The molecule has 6 nitrogen and oxygen atoms in total. The van der Waals surface area contributed by atoms with E-state index in [4.69, 9.17) is 5.73 Å². The van der Waals surface area contributed by atoms with Gasteiger partial charge < -0.3 is 10.3 Å². The molecule has 0 unspecified atom stereocenters. The minimum absolute atomic E-state index is 0. The summed E-state index contributed by atoms with van der Waals surface area (Å²) in [5.74, 6) is 0.378. The number of hydrogen-bond donors (Lipinski definition) is 1. The van der Waals surface area contributed by atoms with E-state index in [-0.39, 0.29) is 34.5 Å². The Morgan fingerprint density at radius 1 is 1.33 bits per heavy atom. The Hall–Kier alpha value is -0.860. The molecule has 0 saturated heterocycles. The zero-order valence-electron chi connectivity index (χ0n) is 9.99. The van der Waals surface area contributed by atoms with Crippen LogP contribution in [0.25, 0.3) is 5.69 Å². The quantitative estimate of drug-likeness (QED) is 0.489. The summed E-state index contributed by atoms with van der Waals surface area (Å²) in [7, 11) is -4.47. The van der Waals surface area contributed by atoms with E-state index in [0.717, 1.165) is 0 Å². The Bertz CT molecular complexity index is 667. The van der Waals surface area contributed by atoms with Crippen LogP contribution in [0, 0.1) is 6.92 Å². The average molecular weight is 275 g/mol. The van der Waals surface area contributed by atoms with Gasteiger partial charge in [-0.1, -0.05) is 6.07 Å². The SMILES string of the molecule is Cc1cc(N)n(-c2cccc(S(=O)(=O)[O-])c2)n1.[Na+]. The fraction of sp³-hybridized carbons (Fsp3) is 0.100. The van der Waals surface area contributed by atoms with Crippen molar-refractivity contribution in [2.75, 3.05) is 5.73 Å². The molecule has 8 heteroatoms. The van der Waals surface area contributed by atoms with Crippen LogP contribution in [0.4, 0.5) is 5.82 Å². The second-order valence-corrected chi connectivity index (χ2v) is 4.95. The molecular weight excluding hydrogens is 265 g/mol. The van der Waals surface area contributed by atoms with Crippen LogP contribution in [-0.2, 0) is 10.1 Å². The molecule has 2 aromatic rings. The molecule has 0 amide bonds. The van der Waals surface area contributed by atoms with Gasteiger partial charge >= 0.3 is 29.6 Å². The fourth-order valence-electron chi connectivity index (χ4n) is 1.50. The third-order valence-electron chi connectivity index (χ3n) is 2.21. The van der Waals surface area contributed by atoms with Crippen molar-refractivity contribution in [1.82, 2.24) is 9.78 Å². The summed E-state index contributed by atoms with van der Waals surface area (Å²) in [6.45, 7) is 1.76. The molecule has 2 N–H and O–H groups in total. The third-order valence-corrected chi connectivity index (χ3v) is 3.04. The molecule has 0 radical (unpaired) electrons. The number of anilines is 1. The van der Waals surface area contributed by atoms with Gasteiger partial charge in [-0.2, -0.15) is 5.10 Å².